The number of aromatic nitrogens is 1. The number of aliphatic imine (C=N–C) groups is 1. The van der Waals surface area contributed by atoms with E-state index in [1.54, 1.807) is 31.2 Å². The third-order valence-electron chi connectivity index (χ3n) is 5.95. The van der Waals surface area contributed by atoms with Crippen LogP contribution < -0.4 is 0 Å². The lowest BCUT2D eigenvalue weighted by atomic mass is 10.1. The highest BCUT2D eigenvalue weighted by Crippen LogP contribution is 2.31. The van der Waals surface area contributed by atoms with Crippen LogP contribution in [0, 0.1) is 3.95 Å². The molecule has 10 heteroatoms. The van der Waals surface area contributed by atoms with E-state index in [0.29, 0.717) is 39.7 Å². The summed E-state index contributed by atoms with van der Waals surface area (Å²) in [6.45, 7) is 8.93. The second kappa shape index (κ2) is 14.6. The molecule has 2 aromatic carbocycles. The molecule has 0 aliphatic heterocycles. The Morgan fingerprint density at radius 3 is 2.39 bits per heavy atom. The molecule has 0 aliphatic carbocycles. The lowest BCUT2D eigenvalue weighted by molar-refractivity contribution is -0.147. The first-order valence-corrected chi connectivity index (χ1v) is 13.8. The fourth-order valence-electron chi connectivity index (χ4n) is 3.82. The standard InChI is InChI=1S/C28H33N3O5S2/c1-4-30(5-2)16-17-36-26(33)21-12-14-22(15-13-21)29-19-24-25(32)31(28(37)38-24)23(27(34)35-6-3)18-20-10-8-7-9-11-20/h7-15,19,23,32H,4-6,16-18H2,1-3H3. The van der Waals surface area contributed by atoms with Crippen molar-refractivity contribution >= 4 is 47.4 Å². The van der Waals surface area contributed by atoms with Gasteiger partial charge in [-0.1, -0.05) is 55.5 Å². The molecule has 3 rings (SSSR count). The Kier molecular flexibility index (Phi) is 11.2. The highest BCUT2D eigenvalue weighted by atomic mass is 32.1. The average molecular weight is 556 g/mol. The summed E-state index contributed by atoms with van der Waals surface area (Å²) < 4.78 is 12.4. The van der Waals surface area contributed by atoms with Crippen molar-refractivity contribution in [1.29, 1.82) is 0 Å². The molecule has 0 saturated carbocycles. The van der Waals surface area contributed by atoms with Gasteiger partial charge in [-0.3, -0.25) is 9.56 Å². The molecule has 0 amide bonds. The van der Waals surface area contributed by atoms with Gasteiger partial charge in [-0.2, -0.15) is 0 Å². The number of benzene rings is 2. The molecular weight excluding hydrogens is 522 g/mol. The summed E-state index contributed by atoms with van der Waals surface area (Å²) in [5.41, 5.74) is 1.94. The maximum Gasteiger partial charge on any atom is 0.338 e. The van der Waals surface area contributed by atoms with Crippen molar-refractivity contribution in [2.45, 2.75) is 33.2 Å². The van der Waals surface area contributed by atoms with Gasteiger partial charge in [0.25, 0.3) is 0 Å². The highest BCUT2D eigenvalue weighted by molar-refractivity contribution is 7.73. The summed E-state index contributed by atoms with van der Waals surface area (Å²) in [6, 6.07) is 15.4. The molecule has 0 radical (unpaired) electrons. The first kappa shape index (κ1) is 29.2. The van der Waals surface area contributed by atoms with E-state index in [4.69, 9.17) is 21.7 Å². The third-order valence-corrected chi connectivity index (χ3v) is 7.28. The lowest BCUT2D eigenvalue weighted by Gasteiger charge is -2.18. The van der Waals surface area contributed by atoms with E-state index in [1.807, 2.05) is 30.3 Å². The second-order valence-electron chi connectivity index (χ2n) is 8.35. The summed E-state index contributed by atoms with van der Waals surface area (Å²) >= 11 is 6.65. The molecule has 1 heterocycles. The minimum Gasteiger partial charge on any atom is -0.493 e. The van der Waals surface area contributed by atoms with Crippen LogP contribution in [0.1, 0.15) is 47.6 Å². The SMILES string of the molecule is CCOC(=O)C(Cc1ccccc1)n1c(O)c(C=Nc2ccc(C(=O)OCCN(CC)CC)cc2)sc1=S. The van der Waals surface area contributed by atoms with Crippen LogP contribution in [0.4, 0.5) is 5.69 Å². The number of hydrogen-bond acceptors (Lipinski definition) is 9. The summed E-state index contributed by atoms with van der Waals surface area (Å²) in [4.78, 5) is 32.1. The minimum atomic E-state index is -0.810. The van der Waals surface area contributed by atoms with Crippen LogP contribution in [0.25, 0.3) is 0 Å². The van der Waals surface area contributed by atoms with Gasteiger partial charge in [0.15, 0.2) is 3.95 Å². The van der Waals surface area contributed by atoms with Crippen LogP contribution in [0.15, 0.2) is 59.6 Å². The lowest BCUT2D eigenvalue weighted by Crippen LogP contribution is -2.27. The largest absolute Gasteiger partial charge is 0.493 e. The quantitative estimate of drug-likeness (QED) is 0.167. The van der Waals surface area contributed by atoms with Gasteiger partial charge in [0.1, 0.15) is 17.5 Å². The maximum absolute atomic E-state index is 12.8. The van der Waals surface area contributed by atoms with Crippen molar-refractivity contribution < 1.29 is 24.2 Å². The number of aromatic hydroxyl groups is 1. The predicted molar refractivity (Wildman–Crippen MR) is 152 cm³/mol. The summed E-state index contributed by atoms with van der Waals surface area (Å²) in [7, 11) is 0. The zero-order valence-electron chi connectivity index (χ0n) is 21.8. The Hall–Kier alpha value is -3.34. The number of rotatable bonds is 13. The Morgan fingerprint density at radius 2 is 1.76 bits per heavy atom. The van der Waals surface area contributed by atoms with Crippen LogP contribution in [-0.2, 0) is 20.7 Å². The van der Waals surface area contributed by atoms with Crippen LogP contribution in [0.3, 0.4) is 0 Å². The minimum absolute atomic E-state index is 0.147. The number of likely N-dealkylation sites (N-methyl/N-ethyl adjacent to an activating group) is 1. The van der Waals surface area contributed by atoms with E-state index in [0.717, 1.165) is 30.0 Å². The molecule has 0 fully saturated rings. The van der Waals surface area contributed by atoms with Crippen molar-refractivity contribution in [2.24, 2.45) is 4.99 Å². The number of nitrogens with zero attached hydrogens (tertiary/aromatic N) is 3. The predicted octanol–water partition coefficient (Wildman–Crippen LogP) is 5.58. The second-order valence-corrected chi connectivity index (χ2v) is 10.0. The molecule has 1 unspecified atom stereocenters. The topological polar surface area (TPSA) is 93.4 Å². The molecule has 38 heavy (non-hydrogen) atoms. The van der Waals surface area contributed by atoms with E-state index < -0.39 is 12.0 Å². The molecule has 8 nitrogen and oxygen atoms in total. The van der Waals surface area contributed by atoms with E-state index in [9.17, 15) is 14.7 Å². The van der Waals surface area contributed by atoms with Crippen molar-refractivity contribution in [3.05, 3.63) is 74.6 Å². The number of esters is 2. The Morgan fingerprint density at radius 1 is 1.08 bits per heavy atom. The Labute approximate surface area is 232 Å². The monoisotopic (exact) mass is 555 g/mol. The number of ether oxygens (including phenoxy) is 2. The van der Waals surface area contributed by atoms with Gasteiger partial charge >= 0.3 is 11.9 Å². The molecule has 0 bridgehead atoms. The molecule has 1 atom stereocenters. The van der Waals surface area contributed by atoms with E-state index in [2.05, 4.69) is 23.7 Å². The summed E-state index contributed by atoms with van der Waals surface area (Å²) in [6.07, 6.45) is 1.82. The first-order valence-electron chi connectivity index (χ1n) is 12.6. The van der Waals surface area contributed by atoms with Crippen molar-refractivity contribution in [2.75, 3.05) is 32.8 Å². The molecular formula is C28H33N3O5S2. The third kappa shape index (κ3) is 7.83. The number of carbonyl (C=O) groups is 2. The van der Waals surface area contributed by atoms with E-state index in [-0.39, 0.29) is 18.5 Å². The zero-order chi connectivity index (χ0) is 27.5. The number of thiazole rings is 1. The normalized spacial score (nSPS) is 12.1. The van der Waals surface area contributed by atoms with Gasteiger partial charge in [-0.15, -0.1) is 0 Å². The maximum atomic E-state index is 12.8. The van der Waals surface area contributed by atoms with E-state index >= 15 is 0 Å². The summed E-state index contributed by atoms with van der Waals surface area (Å²) in [5.74, 6) is -1.00. The van der Waals surface area contributed by atoms with Crippen LogP contribution in [0.2, 0.25) is 0 Å². The van der Waals surface area contributed by atoms with Crippen molar-refractivity contribution in [1.82, 2.24) is 9.47 Å². The van der Waals surface area contributed by atoms with Gasteiger partial charge < -0.3 is 19.5 Å². The summed E-state index contributed by atoms with van der Waals surface area (Å²) in [5, 5.41) is 11.0. The molecule has 1 N–H and O–H groups in total. The molecule has 0 saturated heterocycles. The number of hydrogen-bond donors (Lipinski definition) is 1. The Balaban J connectivity index is 1.73. The van der Waals surface area contributed by atoms with Gasteiger partial charge in [0, 0.05) is 13.0 Å². The highest BCUT2D eigenvalue weighted by Gasteiger charge is 2.27. The van der Waals surface area contributed by atoms with Crippen molar-refractivity contribution in [3.8, 4) is 5.88 Å². The van der Waals surface area contributed by atoms with Gasteiger partial charge in [-0.25, -0.2) is 9.59 Å². The zero-order valence-corrected chi connectivity index (χ0v) is 23.5. The fraction of sp³-hybridized carbons (Fsp3) is 0.357. The first-order chi connectivity index (χ1) is 18.4. The molecule has 0 aliphatic rings. The van der Waals surface area contributed by atoms with Crippen LogP contribution >= 0.6 is 23.6 Å². The molecule has 0 spiro atoms. The molecule has 1 aromatic heterocycles. The number of carbonyl (C=O) groups excluding carboxylic acids is 2. The Bertz CT molecular complexity index is 1280. The van der Waals surface area contributed by atoms with Gasteiger partial charge in [-0.05, 0) is 62.1 Å². The van der Waals surface area contributed by atoms with Gasteiger partial charge in [0.2, 0.25) is 5.88 Å². The van der Waals surface area contributed by atoms with E-state index in [1.165, 1.54) is 10.8 Å². The van der Waals surface area contributed by atoms with Crippen LogP contribution in [-0.4, -0.2) is 65.6 Å². The van der Waals surface area contributed by atoms with Crippen molar-refractivity contribution in [3.63, 3.8) is 0 Å². The molecule has 202 valence electrons. The van der Waals surface area contributed by atoms with Gasteiger partial charge in [0.05, 0.1) is 24.1 Å². The smallest absolute Gasteiger partial charge is 0.338 e. The fourth-order valence-corrected chi connectivity index (χ4v) is 5.09. The molecule has 3 aromatic rings. The van der Waals surface area contributed by atoms with Crippen LogP contribution in [0.5, 0.6) is 5.88 Å². The average Bonchev–Trinajstić information content (AvgIpc) is 3.21.